The van der Waals surface area contributed by atoms with Crippen LogP contribution in [0.4, 0.5) is 8.78 Å². The molecule has 1 amide bonds. The van der Waals surface area contributed by atoms with Gasteiger partial charge in [0.1, 0.15) is 12.5 Å². The van der Waals surface area contributed by atoms with E-state index in [-0.39, 0.29) is 18.2 Å². The maximum atomic E-state index is 13.0. The van der Waals surface area contributed by atoms with Crippen LogP contribution in [0, 0.1) is 11.7 Å². The molecule has 110 valence electrons. The fraction of sp³-hybridized carbons (Fsp3) is 0.429. The average Bonchev–Trinajstić information content (AvgIpc) is 2.35. The molecule has 1 aromatic carbocycles. The van der Waals surface area contributed by atoms with E-state index >= 15 is 0 Å². The lowest BCUT2D eigenvalue weighted by Crippen LogP contribution is -2.42. The molecule has 0 aliphatic carbocycles. The van der Waals surface area contributed by atoms with Gasteiger partial charge in [-0.05, 0) is 30.0 Å². The quantitative estimate of drug-likeness (QED) is 0.804. The van der Waals surface area contributed by atoms with Gasteiger partial charge in [0.2, 0.25) is 5.91 Å². The monoisotopic (exact) mass is 285 g/mol. The number of nitrogens with one attached hydrogen (secondary N) is 1. The molecular weight excluding hydrogens is 268 g/mol. The summed E-state index contributed by atoms with van der Waals surface area (Å²) in [4.78, 5) is 22.2. The summed E-state index contributed by atoms with van der Waals surface area (Å²) in [5, 5.41) is 10.7. The van der Waals surface area contributed by atoms with Crippen LogP contribution >= 0.6 is 0 Å². The van der Waals surface area contributed by atoms with E-state index in [0.29, 0.717) is 6.42 Å². The van der Waals surface area contributed by atoms with Crippen molar-refractivity contribution in [1.29, 1.82) is 0 Å². The fourth-order valence-corrected chi connectivity index (χ4v) is 1.87. The number of aliphatic carboxylic acids is 1. The molecule has 2 atom stereocenters. The van der Waals surface area contributed by atoms with Crippen LogP contribution in [0.2, 0.25) is 0 Å². The van der Waals surface area contributed by atoms with Crippen molar-refractivity contribution in [2.45, 2.75) is 25.8 Å². The summed E-state index contributed by atoms with van der Waals surface area (Å²) in [5.41, 5.74) is 0.755. The molecule has 4 nitrogen and oxygen atoms in total. The van der Waals surface area contributed by atoms with Crippen LogP contribution in [0.1, 0.15) is 18.9 Å². The number of carboxylic acids is 1. The Kier molecular flexibility index (Phi) is 6.09. The molecule has 2 unspecified atom stereocenters. The third kappa shape index (κ3) is 5.34. The van der Waals surface area contributed by atoms with E-state index in [1.807, 2.05) is 0 Å². The number of carboxylic acid groups (broad SMARTS) is 1. The van der Waals surface area contributed by atoms with Crippen molar-refractivity contribution in [3.8, 4) is 0 Å². The second-order valence-corrected chi connectivity index (χ2v) is 4.76. The standard InChI is InChI=1S/C14H17F2NO3/c1-9(5-10-3-2-4-11(16)7-10)6-13(18)17-12(8-15)14(19)20/h2-4,7,9,12H,5-6,8H2,1H3,(H,17,18)(H,19,20). The molecular formula is C14H17F2NO3. The van der Waals surface area contributed by atoms with Crippen LogP contribution in [0.15, 0.2) is 24.3 Å². The molecule has 0 saturated carbocycles. The van der Waals surface area contributed by atoms with Crippen LogP contribution in [0.25, 0.3) is 0 Å². The Morgan fingerprint density at radius 3 is 2.65 bits per heavy atom. The number of rotatable bonds is 7. The predicted octanol–water partition coefficient (Wildman–Crippen LogP) is 1.93. The van der Waals surface area contributed by atoms with E-state index in [0.717, 1.165) is 5.56 Å². The Bertz CT molecular complexity index is 479. The molecule has 0 aromatic heterocycles. The summed E-state index contributed by atoms with van der Waals surface area (Å²) in [6.45, 7) is 0.634. The third-order valence-corrected chi connectivity index (χ3v) is 2.79. The van der Waals surface area contributed by atoms with Crippen molar-refractivity contribution in [1.82, 2.24) is 5.32 Å². The maximum Gasteiger partial charge on any atom is 0.328 e. The van der Waals surface area contributed by atoms with E-state index in [1.165, 1.54) is 12.1 Å². The highest BCUT2D eigenvalue weighted by Gasteiger charge is 2.20. The zero-order chi connectivity index (χ0) is 15.1. The zero-order valence-corrected chi connectivity index (χ0v) is 11.1. The van der Waals surface area contributed by atoms with Crippen molar-refractivity contribution >= 4 is 11.9 Å². The van der Waals surface area contributed by atoms with Crippen LogP contribution in [-0.4, -0.2) is 29.7 Å². The van der Waals surface area contributed by atoms with Crippen molar-refractivity contribution < 1.29 is 23.5 Å². The van der Waals surface area contributed by atoms with Gasteiger partial charge >= 0.3 is 5.97 Å². The number of carbonyl (C=O) groups excluding carboxylic acids is 1. The highest BCUT2D eigenvalue weighted by atomic mass is 19.1. The van der Waals surface area contributed by atoms with E-state index < -0.39 is 24.6 Å². The SMILES string of the molecule is CC(CC(=O)NC(CF)C(=O)O)Cc1cccc(F)c1. The smallest absolute Gasteiger partial charge is 0.328 e. The van der Waals surface area contributed by atoms with Gasteiger partial charge in [0.25, 0.3) is 0 Å². The summed E-state index contributed by atoms with van der Waals surface area (Å²) in [7, 11) is 0. The topological polar surface area (TPSA) is 66.4 Å². The van der Waals surface area contributed by atoms with Crippen LogP contribution in [0.3, 0.4) is 0 Å². The zero-order valence-electron chi connectivity index (χ0n) is 11.1. The summed E-state index contributed by atoms with van der Waals surface area (Å²) >= 11 is 0. The Morgan fingerprint density at radius 2 is 2.10 bits per heavy atom. The van der Waals surface area contributed by atoms with Crippen molar-refractivity contribution in [3.05, 3.63) is 35.6 Å². The van der Waals surface area contributed by atoms with Gasteiger partial charge in [-0.15, -0.1) is 0 Å². The largest absolute Gasteiger partial charge is 0.480 e. The molecule has 2 N–H and O–H groups in total. The second kappa shape index (κ2) is 7.57. The highest BCUT2D eigenvalue weighted by Crippen LogP contribution is 2.13. The molecule has 0 radical (unpaired) electrons. The molecule has 1 aromatic rings. The lowest BCUT2D eigenvalue weighted by atomic mass is 9.97. The van der Waals surface area contributed by atoms with Gasteiger partial charge in [0, 0.05) is 6.42 Å². The summed E-state index contributed by atoms with van der Waals surface area (Å²) in [6.07, 6.45) is 0.541. The number of benzene rings is 1. The molecule has 1 rings (SSSR count). The molecule has 0 heterocycles. The van der Waals surface area contributed by atoms with Gasteiger partial charge < -0.3 is 10.4 Å². The Morgan fingerprint density at radius 1 is 1.40 bits per heavy atom. The average molecular weight is 285 g/mol. The van der Waals surface area contributed by atoms with E-state index in [1.54, 1.807) is 19.1 Å². The van der Waals surface area contributed by atoms with Gasteiger partial charge in [0.15, 0.2) is 6.04 Å². The molecule has 0 aliphatic rings. The molecule has 20 heavy (non-hydrogen) atoms. The molecule has 0 saturated heterocycles. The molecule has 0 aliphatic heterocycles. The van der Waals surface area contributed by atoms with Gasteiger partial charge in [-0.1, -0.05) is 19.1 Å². The van der Waals surface area contributed by atoms with Gasteiger partial charge in [-0.25, -0.2) is 13.6 Å². The number of carbonyl (C=O) groups is 2. The maximum absolute atomic E-state index is 13.0. The molecule has 0 fully saturated rings. The third-order valence-electron chi connectivity index (χ3n) is 2.79. The van der Waals surface area contributed by atoms with E-state index in [9.17, 15) is 18.4 Å². The second-order valence-electron chi connectivity index (χ2n) is 4.76. The number of hydrogen-bond acceptors (Lipinski definition) is 2. The minimum Gasteiger partial charge on any atom is -0.480 e. The number of amides is 1. The van der Waals surface area contributed by atoms with Crippen molar-refractivity contribution in [2.24, 2.45) is 5.92 Å². The fourth-order valence-electron chi connectivity index (χ4n) is 1.87. The Balaban J connectivity index is 2.47. The Labute approximate surface area is 115 Å². The lowest BCUT2D eigenvalue weighted by Gasteiger charge is -2.14. The number of halogens is 2. The number of hydrogen-bond donors (Lipinski definition) is 2. The first-order valence-electron chi connectivity index (χ1n) is 6.25. The highest BCUT2D eigenvalue weighted by molar-refractivity contribution is 5.83. The molecule has 0 spiro atoms. The first-order valence-corrected chi connectivity index (χ1v) is 6.25. The summed E-state index contributed by atoms with van der Waals surface area (Å²) in [5.74, 6) is -2.38. The number of alkyl halides is 1. The van der Waals surface area contributed by atoms with Crippen molar-refractivity contribution in [2.75, 3.05) is 6.67 Å². The van der Waals surface area contributed by atoms with Gasteiger partial charge in [-0.3, -0.25) is 4.79 Å². The lowest BCUT2D eigenvalue weighted by molar-refractivity contribution is -0.142. The van der Waals surface area contributed by atoms with E-state index in [4.69, 9.17) is 5.11 Å². The summed E-state index contributed by atoms with van der Waals surface area (Å²) in [6, 6.07) is 4.54. The normalized spacial score (nSPS) is 13.6. The van der Waals surface area contributed by atoms with Crippen LogP contribution in [-0.2, 0) is 16.0 Å². The molecule has 6 heteroatoms. The summed E-state index contributed by atoms with van der Waals surface area (Å²) < 4.78 is 25.4. The van der Waals surface area contributed by atoms with E-state index in [2.05, 4.69) is 5.32 Å². The first kappa shape index (κ1) is 16.1. The van der Waals surface area contributed by atoms with Gasteiger partial charge in [0.05, 0.1) is 0 Å². The minimum atomic E-state index is -1.51. The molecule has 0 bridgehead atoms. The van der Waals surface area contributed by atoms with Crippen LogP contribution < -0.4 is 5.32 Å². The van der Waals surface area contributed by atoms with Crippen LogP contribution in [0.5, 0.6) is 0 Å². The minimum absolute atomic E-state index is 0.0558. The first-order chi connectivity index (χ1) is 9.42. The van der Waals surface area contributed by atoms with Crippen molar-refractivity contribution in [3.63, 3.8) is 0 Å². The van der Waals surface area contributed by atoms with Gasteiger partial charge in [-0.2, -0.15) is 0 Å². The predicted molar refractivity (Wildman–Crippen MR) is 69.4 cm³/mol. The Hall–Kier alpha value is -1.98.